The van der Waals surface area contributed by atoms with Crippen LogP contribution >= 0.6 is 23.2 Å². The van der Waals surface area contributed by atoms with E-state index in [-0.39, 0.29) is 6.04 Å². The van der Waals surface area contributed by atoms with E-state index in [1.165, 1.54) is 0 Å². The lowest BCUT2D eigenvalue weighted by Crippen LogP contribution is -2.28. The van der Waals surface area contributed by atoms with Crippen LogP contribution in [-0.4, -0.2) is 0 Å². The summed E-state index contributed by atoms with van der Waals surface area (Å²) in [6.45, 7) is 0. The topological polar surface area (TPSA) is 51.2 Å². The van der Waals surface area contributed by atoms with Crippen LogP contribution in [0.2, 0.25) is 10.0 Å². The van der Waals surface area contributed by atoms with Crippen molar-refractivity contribution in [1.82, 2.24) is 5.43 Å². The quantitative estimate of drug-likeness (QED) is 0.656. The molecule has 0 spiro atoms. The van der Waals surface area contributed by atoms with Crippen molar-refractivity contribution in [3.63, 3.8) is 0 Å². The average Bonchev–Trinajstić information content (AvgIpc) is 2.78. The van der Waals surface area contributed by atoms with Crippen molar-refractivity contribution in [2.45, 2.75) is 6.04 Å². The van der Waals surface area contributed by atoms with Gasteiger partial charge in [-0.25, -0.2) is 5.43 Å². The highest BCUT2D eigenvalue weighted by Gasteiger charge is 2.16. The van der Waals surface area contributed by atoms with Crippen molar-refractivity contribution < 1.29 is 4.42 Å². The van der Waals surface area contributed by atoms with Crippen LogP contribution in [0.5, 0.6) is 0 Å². The van der Waals surface area contributed by atoms with E-state index in [1.54, 1.807) is 30.7 Å². The van der Waals surface area contributed by atoms with Crippen molar-refractivity contribution in [3.05, 3.63) is 58.0 Å². The Hall–Kier alpha value is -1.000. The molecule has 3 nitrogen and oxygen atoms in total. The Bertz CT molecular complexity index is 471. The minimum atomic E-state index is -0.232. The summed E-state index contributed by atoms with van der Waals surface area (Å²) in [6.07, 6.45) is 3.19. The molecule has 1 unspecified atom stereocenters. The van der Waals surface area contributed by atoms with Crippen molar-refractivity contribution in [3.8, 4) is 0 Å². The first-order valence-corrected chi connectivity index (χ1v) is 5.41. The van der Waals surface area contributed by atoms with Gasteiger partial charge in [0.05, 0.1) is 18.6 Å². The predicted octanol–water partition coefficient (Wildman–Crippen LogP) is 3.14. The molecule has 2 rings (SSSR count). The van der Waals surface area contributed by atoms with Gasteiger partial charge in [0.2, 0.25) is 0 Å². The van der Waals surface area contributed by atoms with Gasteiger partial charge in [-0.1, -0.05) is 23.2 Å². The van der Waals surface area contributed by atoms with Crippen molar-refractivity contribution in [2.75, 3.05) is 0 Å². The second-order valence-electron chi connectivity index (χ2n) is 3.32. The van der Waals surface area contributed by atoms with Crippen LogP contribution in [0, 0.1) is 0 Å². The molecule has 84 valence electrons. The molecular weight excluding hydrogens is 247 g/mol. The molecule has 0 radical (unpaired) electrons. The third-order valence-electron chi connectivity index (χ3n) is 2.31. The molecule has 0 aliphatic rings. The van der Waals surface area contributed by atoms with Gasteiger partial charge in [0.25, 0.3) is 0 Å². The first-order chi connectivity index (χ1) is 7.72. The van der Waals surface area contributed by atoms with Crippen LogP contribution < -0.4 is 11.3 Å². The normalized spacial score (nSPS) is 12.7. The number of furan rings is 1. The third kappa shape index (κ3) is 2.23. The molecule has 16 heavy (non-hydrogen) atoms. The summed E-state index contributed by atoms with van der Waals surface area (Å²) in [6, 6.07) is 6.84. The van der Waals surface area contributed by atoms with E-state index in [4.69, 9.17) is 33.5 Å². The van der Waals surface area contributed by atoms with Crippen LogP contribution in [0.4, 0.5) is 0 Å². The molecular formula is C11H10Cl2N2O. The molecule has 1 aromatic heterocycles. The zero-order chi connectivity index (χ0) is 11.5. The first kappa shape index (κ1) is 11.5. The van der Waals surface area contributed by atoms with Crippen molar-refractivity contribution in [1.29, 1.82) is 0 Å². The molecule has 0 saturated heterocycles. The second-order valence-corrected chi connectivity index (χ2v) is 4.17. The fraction of sp³-hybridized carbons (Fsp3) is 0.0909. The monoisotopic (exact) mass is 256 g/mol. The lowest BCUT2D eigenvalue weighted by Gasteiger charge is -2.16. The Morgan fingerprint density at radius 3 is 2.69 bits per heavy atom. The van der Waals surface area contributed by atoms with Crippen molar-refractivity contribution in [2.24, 2.45) is 5.84 Å². The fourth-order valence-electron chi connectivity index (χ4n) is 1.54. The largest absolute Gasteiger partial charge is 0.472 e. The number of rotatable bonds is 3. The van der Waals surface area contributed by atoms with E-state index in [0.717, 1.165) is 11.1 Å². The Labute approximate surface area is 103 Å². The van der Waals surface area contributed by atoms with Gasteiger partial charge in [0, 0.05) is 15.6 Å². The molecule has 1 aromatic carbocycles. The zero-order valence-corrected chi connectivity index (χ0v) is 9.79. The standard InChI is InChI=1S/C11H10Cl2N2O/c12-8-1-2-10(13)9(5-8)11(15-14)7-3-4-16-6-7/h1-6,11,15H,14H2. The summed E-state index contributed by atoms with van der Waals surface area (Å²) in [5, 5.41) is 1.22. The zero-order valence-electron chi connectivity index (χ0n) is 8.28. The van der Waals surface area contributed by atoms with Gasteiger partial charge in [-0.15, -0.1) is 0 Å². The summed E-state index contributed by atoms with van der Waals surface area (Å²) in [5.74, 6) is 5.52. The number of nitrogens with two attached hydrogens (primary N) is 1. The summed E-state index contributed by atoms with van der Waals surface area (Å²) < 4.78 is 5.02. The maximum Gasteiger partial charge on any atom is 0.0954 e. The Balaban J connectivity index is 2.44. The molecule has 0 bridgehead atoms. The molecule has 0 aliphatic heterocycles. The van der Waals surface area contributed by atoms with Crippen molar-refractivity contribution >= 4 is 23.2 Å². The van der Waals surface area contributed by atoms with Crippen LogP contribution in [0.3, 0.4) is 0 Å². The molecule has 5 heteroatoms. The Kier molecular flexibility index (Phi) is 3.51. The van der Waals surface area contributed by atoms with Gasteiger partial charge in [-0.05, 0) is 29.8 Å². The van der Waals surface area contributed by atoms with E-state index >= 15 is 0 Å². The molecule has 0 saturated carbocycles. The highest BCUT2D eigenvalue weighted by atomic mass is 35.5. The molecule has 0 fully saturated rings. The number of benzene rings is 1. The molecule has 0 amide bonds. The van der Waals surface area contributed by atoms with Crippen LogP contribution in [-0.2, 0) is 0 Å². The first-order valence-electron chi connectivity index (χ1n) is 4.65. The third-order valence-corrected chi connectivity index (χ3v) is 2.89. The van der Waals surface area contributed by atoms with E-state index < -0.39 is 0 Å². The van der Waals surface area contributed by atoms with Gasteiger partial charge >= 0.3 is 0 Å². The van der Waals surface area contributed by atoms with E-state index in [2.05, 4.69) is 5.43 Å². The van der Waals surface area contributed by atoms with Gasteiger partial charge in [-0.3, -0.25) is 5.84 Å². The number of nitrogens with one attached hydrogen (secondary N) is 1. The molecule has 1 atom stereocenters. The van der Waals surface area contributed by atoms with Gasteiger partial charge in [0.1, 0.15) is 0 Å². The number of hydrazine groups is 1. The Morgan fingerprint density at radius 2 is 2.06 bits per heavy atom. The fourth-order valence-corrected chi connectivity index (χ4v) is 1.95. The number of hydrogen-bond acceptors (Lipinski definition) is 3. The van der Waals surface area contributed by atoms with E-state index in [0.29, 0.717) is 10.0 Å². The smallest absolute Gasteiger partial charge is 0.0954 e. The number of halogens is 2. The average molecular weight is 257 g/mol. The summed E-state index contributed by atoms with van der Waals surface area (Å²) in [7, 11) is 0. The second kappa shape index (κ2) is 4.89. The van der Waals surface area contributed by atoms with Gasteiger partial charge < -0.3 is 4.42 Å². The number of hydrogen-bond donors (Lipinski definition) is 2. The van der Waals surface area contributed by atoms with Crippen LogP contribution in [0.15, 0.2) is 41.2 Å². The summed E-state index contributed by atoms with van der Waals surface area (Å²) in [5.41, 5.74) is 4.40. The molecule has 0 aliphatic carbocycles. The SMILES string of the molecule is NNC(c1ccoc1)c1cc(Cl)ccc1Cl. The lowest BCUT2D eigenvalue weighted by molar-refractivity contribution is 0.553. The Morgan fingerprint density at radius 1 is 1.25 bits per heavy atom. The van der Waals surface area contributed by atoms with E-state index in [1.807, 2.05) is 6.07 Å². The minimum absolute atomic E-state index is 0.232. The predicted molar refractivity (Wildman–Crippen MR) is 64.3 cm³/mol. The summed E-state index contributed by atoms with van der Waals surface area (Å²) >= 11 is 12.0. The highest BCUT2D eigenvalue weighted by molar-refractivity contribution is 6.33. The lowest BCUT2D eigenvalue weighted by atomic mass is 10.0. The van der Waals surface area contributed by atoms with Crippen LogP contribution in [0.1, 0.15) is 17.2 Å². The van der Waals surface area contributed by atoms with Gasteiger partial charge in [-0.2, -0.15) is 0 Å². The van der Waals surface area contributed by atoms with E-state index in [9.17, 15) is 0 Å². The minimum Gasteiger partial charge on any atom is -0.472 e. The molecule has 3 N–H and O–H groups in total. The molecule has 2 aromatic rings. The van der Waals surface area contributed by atoms with Gasteiger partial charge in [0.15, 0.2) is 0 Å². The highest BCUT2D eigenvalue weighted by Crippen LogP contribution is 2.30. The van der Waals surface area contributed by atoms with Crippen LogP contribution in [0.25, 0.3) is 0 Å². The summed E-state index contributed by atoms with van der Waals surface area (Å²) in [4.78, 5) is 0. The molecule has 1 heterocycles. The maximum absolute atomic E-state index is 6.10. The maximum atomic E-state index is 6.10.